The van der Waals surface area contributed by atoms with Crippen molar-refractivity contribution >= 4 is 28.4 Å². The molecule has 0 aromatic carbocycles. The fourth-order valence-corrected chi connectivity index (χ4v) is 1.60. The quantitative estimate of drug-likeness (QED) is 0.535. The molecule has 3 atom stereocenters. The van der Waals surface area contributed by atoms with Gasteiger partial charge in [0, 0.05) is 15.2 Å². The van der Waals surface area contributed by atoms with Crippen LogP contribution in [0.2, 0.25) is 0 Å². The number of carbonyl (C=O) groups is 2. The van der Waals surface area contributed by atoms with Crippen LogP contribution in [0.25, 0.3) is 0 Å². The Labute approximate surface area is 104 Å². The molecule has 4 N–H and O–H groups in total. The Morgan fingerprint density at radius 1 is 1.11 bits per heavy atom. The molecule has 9 nitrogen and oxygen atoms in total. The van der Waals surface area contributed by atoms with Crippen molar-refractivity contribution in [3.05, 3.63) is 0 Å². The summed E-state index contributed by atoms with van der Waals surface area (Å²) in [6, 6.07) is -0.636. The molecule has 3 unspecified atom stereocenters. The average molecular weight is 301 g/mol. The van der Waals surface area contributed by atoms with Gasteiger partial charge in [-0.2, -0.15) is 9.05 Å². The Balaban J connectivity index is 3.74. The molecule has 0 aliphatic carbocycles. The van der Waals surface area contributed by atoms with Gasteiger partial charge < -0.3 is 5.73 Å². The van der Waals surface area contributed by atoms with Crippen LogP contribution in [0.3, 0.4) is 0 Å². The molecule has 0 radical (unpaired) electrons. The SMILES string of the molecule is NC(CCCC(=O)O[P+](=O)O)CC(=O)O[P+](=O)O. The Morgan fingerprint density at radius 3 is 2.11 bits per heavy atom. The van der Waals surface area contributed by atoms with Crippen LogP contribution in [0.4, 0.5) is 0 Å². The maximum Gasteiger partial charge on any atom is 0.750 e. The maximum absolute atomic E-state index is 10.9. The Morgan fingerprint density at radius 2 is 1.61 bits per heavy atom. The highest BCUT2D eigenvalue weighted by Gasteiger charge is 2.23. The fourth-order valence-electron chi connectivity index (χ4n) is 1.08. The first-order chi connectivity index (χ1) is 8.31. The Bertz CT molecular complexity index is 346. The molecule has 0 spiro atoms. The second-order valence-electron chi connectivity index (χ2n) is 3.26. The minimum absolute atomic E-state index is 0.112. The summed E-state index contributed by atoms with van der Waals surface area (Å²) >= 11 is 0. The van der Waals surface area contributed by atoms with Crippen molar-refractivity contribution in [2.75, 3.05) is 0 Å². The molecule has 0 saturated carbocycles. The molecule has 0 aromatic heterocycles. The fraction of sp³-hybridized carbons (Fsp3) is 0.714. The zero-order valence-corrected chi connectivity index (χ0v) is 11.0. The van der Waals surface area contributed by atoms with Crippen LogP contribution in [0.5, 0.6) is 0 Å². The topological polar surface area (TPSA) is 153 Å². The molecule has 0 fully saturated rings. The Kier molecular flexibility index (Phi) is 8.53. The van der Waals surface area contributed by atoms with Gasteiger partial charge in [0.1, 0.15) is 0 Å². The Hall–Kier alpha value is -0.980. The van der Waals surface area contributed by atoms with Crippen molar-refractivity contribution in [2.45, 2.75) is 31.7 Å². The van der Waals surface area contributed by atoms with Crippen molar-refractivity contribution in [3.8, 4) is 0 Å². The molecule has 0 amide bonds. The van der Waals surface area contributed by atoms with E-state index in [0.29, 0.717) is 0 Å². The number of rotatable bonds is 8. The molecule has 18 heavy (non-hydrogen) atoms. The lowest BCUT2D eigenvalue weighted by Crippen LogP contribution is -2.24. The molecule has 0 aromatic rings. The van der Waals surface area contributed by atoms with Gasteiger partial charge in [-0.3, -0.25) is 0 Å². The van der Waals surface area contributed by atoms with E-state index in [1.165, 1.54) is 0 Å². The molecular formula is C7H13NO8P2+2. The molecule has 0 rings (SSSR count). The standard InChI is InChI=1S/C7H11NO8P2/c8-5(4-7(10)16-18(13)14)2-1-3-6(9)15-17(11)12/h5H,1-4,8H2/p+2. The number of hydrogen-bond donors (Lipinski definition) is 3. The van der Waals surface area contributed by atoms with Gasteiger partial charge in [-0.05, 0) is 12.8 Å². The number of nitrogens with two attached hydrogens (primary N) is 1. The lowest BCUT2D eigenvalue weighted by molar-refractivity contribution is -0.135. The molecular weight excluding hydrogens is 288 g/mol. The minimum Gasteiger partial charge on any atom is -0.327 e. The van der Waals surface area contributed by atoms with Crippen molar-refractivity contribution in [2.24, 2.45) is 5.73 Å². The van der Waals surface area contributed by atoms with E-state index in [1.807, 2.05) is 0 Å². The molecule has 102 valence electrons. The van der Waals surface area contributed by atoms with Crippen molar-refractivity contribution in [3.63, 3.8) is 0 Å². The number of carbonyl (C=O) groups excluding carboxylic acids is 2. The first kappa shape index (κ1) is 17.0. The van der Waals surface area contributed by atoms with Gasteiger partial charge in [0.25, 0.3) is 0 Å². The van der Waals surface area contributed by atoms with E-state index in [9.17, 15) is 18.7 Å². The average Bonchev–Trinajstić information content (AvgIpc) is 2.13. The largest absolute Gasteiger partial charge is 0.750 e. The van der Waals surface area contributed by atoms with E-state index in [1.54, 1.807) is 0 Å². The lowest BCUT2D eigenvalue weighted by atomic mass is 10.1. The zero-order chi connectivity index (χ0) is 14.1. The highest BCUT2D eigenvalue weighted by Crippen LogP contribution is 2.18. The van der Waals surface area contributed by atoms with Gasteiger partial charge in [0.2, 0.25) is 0 Å². The third kappa shape index (κ3) is 10.2. The summed E-state index contributed by atoms with van der Waals surface area (Å²) in [7, 11) is -5.95. The monoisotopic (exact) mass is 301 g/mol. The van der Waals surface area contributed by atoms with E-state index in [-0.39, 0.29) is 25.7 Å². The third-order valence-electron chi connectivity index (χ3n) is 1.74. The van der Waals surface area contributed by atoms with Crippen LogP contribution >= 0.6 is 16.5 Å². The summed E-state index contributed by atoms with van der Waals surface area (Å²) in [4.78, 5) is 38.3. The van der Waals surface area contributed by atoms with Crippen molar-refractivity contribution < 1.29 is 37.6 Å². The molecule has 0 bridgehead atoms. The maximum atomic E-state index is 10.9. The van der Waals surface area contributed by atoms with Crippen LogP contribution in [0.1, 0.15) is 25.7 Å². The predicted octanol–water partition coefficient (Wildman–Crippen LogP) is 0.260. The first-order valence-electron chi connectivity index (χ1n) is 4.80. The van der Waals surface area contributed by atoms with Gasteiger partial charge >= 0.3 is 28.4 Å². The van der Waals surface area contributed by atoms with Gasteiger partial charge in [0.15, 0.2) is 0 Å². The summed E-state index contributed by atoms with van der Waals surface area (Å²) in [5.74, 6) is -1.75. The summed E-state index contributed by atoms with van der Waals surface area (Å²) in [6.07, 6.45) is 0.139. The summed E-state index contributed by atoms with van der Waals surface area (Å²) in [6.45, 7) is 0. The van der Waals surface area contributed by atoms with E-state index in [4.69, 9.17) is 15.5 Å². The highest BCUT2D eigenvalue weighted by atomic mass is 31.1. The van der Waals surface area contributed by atoms with Crippen molar-refractivity contribution in [1.82, 2.24) is 0 Å². The van der Waals surface area contributed by atoms with Crippen LogP contribution in [0.15, 0.2) is 0 Å². The first-order valence-corrected chi connectivity index (χ1v) is 7.06. The molecule has 0 aliphatic heterocycles. The third-order valence-corrected chi connectivity index (χ3v) is 2.46. The van der Waals surface area contributed by atoms with Crippen LogP contribution < -0.4 is 5.73 Å². The van der Waals surface area contributed by atoms with E-state index < -0.39 is 34.5 Å². The highest BCUT2D eigenvalue weighted by molar-refractivity contribution is 7.33. The molecule has 0 aliphatic rings. The van der Waals surface area contributed by atoms with Gasteiger partial charge in [-0.1, -0.05) is 0 Å². The van der Waals surface area contributed by atoms with E-state index in [2.05, 4.69) is 9.05 Å². The second-order valence-corrected chi connectivity index (χ2v) is 4.58. The van der Waals surface area contributed by atoms with E-state index >= 15 is 0 Å². The van der Waals surface area contributed by atoms with Gasteiger partial charge in [-0.25, -0.2) is 9.59 Å². The molecule has 0 saturated heterocycles. The lowest BCUT2D eigenvalue weighted by Gasteiger charge is -2.06. The normalized spacial score (nSPS) is 13.5. The van der Waals surface area contributed by atoms with Crippen LogP contribution in [-0.2, 0) is 27.8 Å². The second kappa shape index (κ2) is 9.02. The molecule has 11 heteroatoms. The molecule has 0 heterocycles. The number of hydrogen-bond acceptors (Lipinski definition) is 7. The van der Waals surface area contributed by atoms with Crippen LogP contribution in [0, 0.1) is 0 Å². The van der Waals surface area contributed by atoms with Gasteiger partial charge in [0.05, 0.1) is 12.8 Å². The van der Waals surface area contributed by atoms with Gasteiger partial charge in [-0.15, -0.1) is 9.79 Å². The van der Waals surface area contributed by atoms with Crippen molar-refractivity contribution in [1.29, 1.82) is 0 Å². The van der Waals surface area contributed by atoms with E-state index in [0.717, 1.165) is 0 Å². The summed E-state index contributed by atoms with van der Waals surface area (Å²) in [5.41, 5.74) is 5.50. The zero-order valence-electron chi connectivity index (χ0n) is 9.22. The van der Waals surface area contributed by atoms with Crippen LogP contribution in [-0.4, -0.2) is 27.8 Å². The predicted molar refractivity (Wildman–Crippen MR) is 58.3 cm³/mol. The summed E-state index contributed by atoms with van der Waals surface area (Å²) in [5, 5.41) is 0. The smallest absolute Gasteiger partial charge is 0.327 e. The minimum atomic E-state index is -2.99. The summed E-state index contributed by atoms with van der Waals surface area (Å²) < 4.78 is 28.2.